The van der Waals surface area contributed by atoms with Crippen molar-refractivity contribution in [2.24, 2.45) is 0 Å². The normalized spacial score (nSPS) is 13.6. The number of halogens is 3. The largest absolute Gasteiger partial charge is 0.497 e. The van der Waals surface area contributed by atoms with Crippen LogP contribution in [0.25, 0.3) is 28.0 Å². The van der Waals surface area contributed by atoms with Gasteiger partial charge in [0.15, 0.2) is 5.65 Å². The fourth-order valence-corrected chi connectivity index (χ4v) is 5.38. The summed E-state index contributed by atoms with van der Waals surface area (Å²) in [7, 11) is 1.59. The lowest BCUT2D eigenvalue weighted by atomic mass is 10.0. The second-order valence-electron chi connectivity index (χ2n) is 10.6. The van der Waals surface area contributed by atoms with Crippen molar-refractivity contribution in [3.63, 3.8) is 0 Å². The third-order valence-electron chi connectivity index (χ3n) is 7.72. The Balaban J connectivity index is 1.27. The molecule has 5 aromatic rings. The molecule has 0 atom stereocenters. The molecule has 1 aliphatic heterocycles. The Morgan fingerprint density at radius 1 is 0.867 bits per heavy atom. The molecule has 0 radical (unpaired) electrons. The summed E-state index contributed by atoms with van der Waals surface area (Å²) >= 11 is 0. The van der Waals surface area contributed by atoms with Gasteiger partial charge in [0.25, 0.3) is 5.91 Å². The fourth-order valence-electron chi connectivity index (χ4n) is 5.38. The molecule has 9 nitrogen and oxygen atoms in total. The van der Waals surface area contributed by atoms with E-state index in [1.54, 1.807) is 22.8 Å². The van der Waals surface area contributed by atoms with E-state index in [9.17, 15) is 22.8 Å². The number of nitrogens with zero attached hydrogens (tertiary/aromatic N) is 5. The number of benzene rings is 3. The smallest absolute Gasteiger partial charge is 0.416 e. The van der Waals surface area contributed by atoms with Crippen molar-refractivity contribution in [2.75, 3.05) is 38.6 Å². The first-order chi connectivity index (χ1) is 21.6. The molecular formula is C33H29F3N6O3. The van der Waals surface area contributed by atoms with E-state index >= 15 is 0 Å². The SMILES string of the molecule is COc1ccc(-c2cc(C(=O)N3CCN(C(=O)Nc4cccc(C(F)(F)F)c4)CC3)c3c(C)nn(-c4ccccc4)c3n2)cc1. The average molecular weight is 615 g/mol. The van der Waals surface area contributed by atoms with Crippen LogP contribution < -0.4 is 10.1 Å². The number of fused-ring (bicyclic) bond motifs is 1. The molecule has 0 spiro atoms. The number of carbonyl (C=O) groups is 2. The molecule has 0 bridgehead atoms. The Labute approximate surface area is 256 Å². The van der Waals surface area contributed by atoms with E-state index in [-0.39, 0.29) is 37.8 Å². The first-order valence-corrected chi connectivity index (χ1v) is 14.2. The zero-order valence-corrected chi connectivity index (χ0v) is 24.5. The molecule has 0 saturated carbocycles. The molecule has 1 N–H and O–H groups in total. The van der Waals surface area contributed by atoms with Crippen LogP contribution in [0.5, 0.6) is 5.75 Å². The van der Waals surface area contributed by atoms with Crippen LogP contribution in [0.4, 0.5) is 23.7 Å². The van der Waals surface area contributed by atoms with Crippen LogP contribution in [0, 0.1) is 6.92 Å². The van der Waals surface area contributed by atoms with Crippen molar-refractivity contribution in [1.29, 1.82) is 0 Å². The van der Waals surface area contributed by atoms with Crippen LogP contribution in [0.15, 0.2) is 84.9 Å². The number of alkyl halides is 3. The molecule has 1 saturated heterocycles. The van der Waals surface area contributed by atoms with E-state index in [4.69, 9.17) is 14.8 Å². The number of amides is 3. The van der Waals surface area contributed by atoms with E-state index in [0.717, 1.165) is 23.4 Å². The maximum atomic E-state index is 14.1. The summed E-state index contributed by atoms with van der Waals surface area (Å²) in [5.41, 5.74) is 3.00. The fraction of sp³-hybridized carbons (Fsp3) is 0.212. The van der Waals surface area contributed by atoms with Gasteiger partial charge in [-0.05, 0) is 67.6 Å². The standard InChI is InChI=1S/C33H29F3N6O3/c1-21-29-27(31(43)40-15-17-41(18-16-40)32(44)37-24-8-6-7-23(19-24)33(34,35)36)20-28(22-11-13-26(45-2)14-12-22)38-30(29)42(39-21)25-9-4-3-5-10-25/h3-14,19-20H,15-18H2,1-2H3,(H,37,44). The first kappa shape index (κ1) is 29.7. The average Bonchev–Trinajstić information content (AvgIpc) is 3.40. The van der Waals surface area contributed by atoms with Crippen LogP contribution in [0.2, 0.25) is 0 Å². The molecule has 3 heterocycles. The summed E-state index contributed by atoms with van der Waals surface area (Å²) in [6.07, 6.45) is -4.52. The molecule has 0 aliphatic carbocycles. The molecule has 3 aromatic carbocycles. The van der Waals surface area contributed by atoms with Crippen molar-refractivity contribution < 1.29 is 27.5 Å². The maximum Gasteiger partial charge on any atom is 0.416 e. The highest BCUT2D eigenvalue weighted by molar-refractivity contribution is 6.08. The molecule has 0 unspecified atom stereocenters. The lowest BCUT2D eigenvalue weighted by molar-refractivity contribution is -0.137. The van der Waals surface area contributed by atoms with Crippen molar-refractivity contribution >= 4 is 28.7 Å². The van der Waals surface area contributed by atoms with Crippen LogP contribution in [-0.2, 0) is 6.18 Å². The highest BCUT2D eigenvalue weighted by Gasteiger charge is 2.31. The van der Waals surface area contributed by atoms with Crippen molar-refractivity contribution in [3.05, 3.63) is 102 Å². The minimum Gasteiger partial charge on any atom is -0.497 e. The van der Waals surface area contributed by atoms with E-state index < -0.39 is 17.8 Å². The van der Waals surface area contributed by atoms with E-state index in [0.29, 0.717) is 33.7 Å². The Bertz CT molecular complexity index is 1870. The van der Waals surface area contributed by atoms with Gasteiger partial charge in [-0.1, -0.05) is 24.3 Å². The minimum atomic E-state index is -4.52. The number of piperazine rings is 1. The van der Waals surface area contributed by atoms with E-state index in [1.807, 2.05) is 61.5 Å². The second kappa shape index (κ2) is 11.9. The zero-order valence-electron chi connectivity index (χ0n) is 24.5. The number of para-hydroxylation sites is 1. The van der Waals surface area contributed by atoms with Crippen LogP contribution in [0.1, 0.15) is 21.6 Å². The van der Waals surface area contributed by atoms with E-state index in [2.05, 4.69) is 5.32 Å². The molecule has 6 rings (SSSR count). The molecule has 3 amide bonds. The molecule has 1 fully saturated rings. The Morgan fingerprint density at radius 2 is 1.56 bits per heavy atom. The monoisotopic (exact) mass is 614 g/mol. The quantitative estimate of drug-likeness (QED) is 0.247. The molecule has 2 aromatic heterocycles. The van der Waals surface area contributed by atoms with Gasteiger partial charge in [0, 0.05) is 37.4 Å². The molecule has 12 heteroatoms. The first-order valence-electron chi connectivity index (χ1n) is 14.2. The predicted octanol–water partition coefficient (Wildman–Crippen LogP) is 6.41. The van der Waals surface area contributed by atoms with Crippen molar-refractivity contribution in [1.82, 2.24) is 24.6 Å². The number of pyridine rings is 1. The van der Waals surface area contributed by atoms with Gasteiger partial charge in [0.2, 0.25) is 0 Å². The molecular weight excluding hydrogens is 585 g/mol. The van der Waals surface area contributed by atoms with Crippen LogP contribution in [0.3, 0.4) is 0 Å². The summed E-state index contributed by atoms with van der Waals surface area (Å²) in [6.45, 7) is 2.73. The number of urea groups is 1. The third kappa shape index (κ3) is 6.03. The number of aromatic nitrogens is 3. The summed E-state index contributed by atoms with van der Waals surface area (Å²) in [5.74, 6) is 0.460. The number of rotatable bonds is 5. The van der Waals surface area contributed by atoms with Crippen LogP contribution in [-0.4, -0.2) is 69.8 Å². The Morgan fingerprint density at radius 3 is 2.22 bits per heavy atom. The Kier molecular flexibility index (Phi) is 7.88. The maximum absolute atomic E-state index is 14.1. The topological polar surface area (TPSA) is 92.6 Å². The van der Waals surface area contributed by atoms with Gasteiger partial charge in [-0.15, -0.1) is 0 Å². The van der Waals surface area contributed by atoms with Crippen molar-refractivity contribution in [2.45, 2.75) is 13.1 Å². The highest BCUT2D eigenvalue weighted by atomic mass is 19.4. The summed E-state index contributed by atoms with van der Waals surface area (Å²) in [5, 5.41) is 7.91. The van der Waals surface area contributed by atoms with Gasteiger partial charge in [0.05, 0.1) is 40.7 Å². The Hall–Kier alpha value is -5.39. The number of nitrogens with one attached hydrogen (secondary N) is 1. The van der Waals surface area contributed by atoms with Gasteiger partial charge in [-0.3, -0.25) is 4.79 Å². The zero-order chi connectivity index (χ0) is 31.7. The van der Waals surface area contributed by atoms with Gasteiger partial charge >= 0.3 is 12.2 Å². The molecule has 1 aliphatic rings. The van der Waals surface area contributed by atoms with Gasteiger partial charge < -0.3 is 19.9 Å². The number of hydrogen-bond donors (Lipinski definition) is 1. The van der Waals surface area contributed by atoms with Crippen molar-refractivity contribution in [3.8, 4) is 22.7 Å². The molecule has 45 heavy (non-hydrogen) atoms. The van der Waals surface area contributed by atoms with Gasteiger partial charge in [-0.2, -0.15) is 18.3 Å². The van der Waals surface area contributed by atoms with Gasteiger partial charge in [-0.25, -0.2) is 14.5 Å². The number of ether oxygens (including phenoxy) is 1. The number of anilines is 1. The number of aryl methyl sites for hydroxylation is 1. The summed E-state index contributed by atoms with van der Waals surface area (Å²) in [6, 6.07) is 22.7. The predicted molar refractivity (Wildman–Crippen MR) is 164 cm³/mol. The number of carbonyl (C=O) groups excluding carboxylic acids is 2. The van der Waals surface area contributed by atoms with Crippen LogP contribution >= 0.6 is 0 Å². The minimum absolute atomic E-state index is 0.0458. The second-order valence-corrected chi connectivity index (χ2v) is 10.6. The number of methoxy groups -OCH3 is 1. The lowest BCUT2D eigenvalue weighted by Crippen LogP contribution is -2.51. The van der Waals surface area contributed by atoms with E-state index in [1.165, 1.54) is 17.0 Å². The number of hydrogen-bond acceptors (Lipinski definition) is 5. The summed E-state index contributed by atoms with van der Waals surface area (Å²) < 4.78 is 46.3. The van der Waals surface area contributed by atoms with Gasteiger partial charge in [0.1, 0.15) is 5.75 Å². The lowest BCUT2D eigenvalue weighted by Gasteiger charge is -2.35. The third-order valence-corrected chi connectivity index (χ3v) is 7.72. The highest BCUT2D eigenvalue weighted by Crippen LogP contribution is 2.32. The molecule has 230 valence electrons. The summed E-state index contributed by atoms with van der Waals surface area (Å²) in [4.78, 5) is 35.1.